The van der Waals surface area contributed by atoms with Crippen LogP contribution >= 0.6 is 0 Å². The Morgan fingerprint density at radius 3 is 2.74 bits per heavy atom. The predicted octanol–water partition coefficient (Wildman–Crippen LogP) is 3.08. The summed E-state index contributed by atoms with van der Waals surface area (Å²) in [6, 6.07) is 5.27. The molecule has 1 aromatic heterocycles. The van der Waals surface area contributed by atoms with Crippen LogP contribution in [0.15, 0.2) is 30.5 Å². The molecule has 5 heterocycles. The van der Waals surface area contributed by atoms with Gasteiger partial charge in [-0.25, -0.2) is 0 Å². The zero-order valence-corrected chi connectivity index (χ0v) is 26.0. The third-order valence-electron chi connectivity index (χ3n) is 10.4. The number of hydrogen-bond donors (Lipinski definition) is 2. The van der Waals surface area contributed by atoms with Crippen LogP contribution in [0.25, 0.3) is 16.5 Å². The summed E-state index contributed by atoms with van der Waals surface area (Å²) in [7, 11) is 3.60. The number of fused-ring (bicyclic) bond motifs is 5. The van der Waals surface area contributed by atoms with Crippen molar-refractivity contribution in [3.63, 3.8) is 0 Å². The molecule has 1 aliphatic carbocycles. The molecule has 10 heteroatoms. The second-order valence-electron chi connectivity index (χ2n) is 13.8. The molecule has 0 bridgehead atoms. The van der Waals surface area contributed by atoms with Crippen LogP contribution in [-0.4, -0.2) is 94.4 Å². The maximum atomic E-state index is 14.6. The number of ether oxygens (including phenoxy) is 2. The highest BCUT2D eigenvalue weighted by atomic mass is 16.8. The first-order valence-electron chi connectivity index (χ1n) is 15.7. The van der Waals surface area contributed by atoms with E-state index in [4.69, 9.17) is 9.47 Å². The van der Waals surface area contributed by atoms with Crippen LogP contribution in [0, 0.1) is 17.8 Å². The molecule has 1 aromatic carbocycles. The number of aromatic amines is 1. The maximum Gasteiger partial charge on any atom is 0.281 e. The van der Waals surface area contributed by atoms with Gasteiger partial charge >= 0.3 is 0 Å². The predicted molar refractivity (Wildman–Crippen MR) is 161 cm³/mol. The van der Waals surface area contributed by atoms with Gasteiger partial charge in [0.05, 0.1) is 5.92 Å². The lowest BCUT2D eigenvalue weighted by Gasteiger charge is -2.51. The summed E-state index contributed by atoms with van der Waals surface area (Å²) >= 11 is 0. The number of piperazine rings is 1. The fourth-order valence-electron chi connectivity index (χ4n) is 8.35. The van der Waals surface area contributed by atoms with Gasteiger partial charge in [-0.05, 0) is 61.4 Å². The number of amides is 3. The molecule has 43 heavy (non-hydrogen) atoms. The summed E-state index contributed by atoms with van der Waals surface area (Å²) in [6.45, 7) is 8.96. The molecule has 3 fully saturated rings. The zero-order chi connectivity index (χ0) is 30.4. The smallest absolute Gasteiger partial charge is 0.281 e. The Labute approximate surface area is 252 Å². The van der Waals surface area contributed by atoms with Gasteiger partial charge in [-0.3, -0.25) is 28.9 Å². The van der Waals surface area contributed by atoms with Gasteiger partial charge in [0, 0.05) is 49.3 Å². The first-order chi connectivity index (χ1) is 20.5. The lowest BCUT2D eigenvalue weighted by Crippen LogP contribution is -2.72. The standard InChI is InChI=1S/C33H43N5O5/c1-18(2)13-26-30(40)37-12-8-11-27(37)33(42-6)38(26)31(41)32(43-33,19(3)4)35-29(39)21-14-23-22-9-7-10-24-28(22)20(16-34-24)15-25(23)36(5)17-21/h7,9-10,14,16,18-19,21,25-27,34H,8,11-13,15,17H2,1-6H3,(H,35,39)/t21-,25+,26-,27-,32+,33-/m0/s1. The Morgan fingerprint density at radius 1 is 1.23 bits per heavy atom. The number of aromatic nitrogens is 1. The van der Waals surface area contributed by atoms with Crippen LogP contribution in [0.1, 0.15) is 58.1 Å². The minimum absolute atomic E-state index is 0.0630. The van der Waals surface area contributed by atoms with E-state index >= 15 is 0 Å². The number of carbonyl (C=O) groups is 3. The van der Waals surface area contributed by atoms with Gasteiger partial charge in [0.15, 0.2) is 0 Å². The second-order valence-corrected chi connectivity index (χ2v) is 13.8. The summed E-state index contributed by atoms with van der Waals surface area (Å²) in [4.78, 5) is 51.7. The molecule has 2 N–H and O–H groups in total. The van der Waals surface area contributed by atoms with Crippen molar-refractivity contribution in [3.8, 4) is 0 Å². The molecule has 5 aliphatic rings. The highest BCUT2D eigenvalue weighted by Gasteiger charge is 2.72. The normalized spacial score (nSPS) is 33.7. The molecule has 0 unspecified atom stereocenters. The Bertz CT molecular complexity index is 1530. The molecule has 2 aromatic rings. The number of benzene rings is 1. The number of hydrogen-bond acceptors (Lipinski definition) is 6. The first kappa shape index (κ1) is 28.6. The Kier molecular flexibility index (Phi) is 6.58. The zero-order valence-electron chi connectivity index (χ0n) is 26.0. The van der Waals surface area contributed by atoms with E-state index in [1.165, 1.54) is 18.1 Å². The van der Waals surface area contributed by atoms with Gasteiger partial charge < -0.3 is 19.9 Å². The molecule has 7 rings (SSSR count). The van der Waals surface area contributed by atoms with Gasteiger partial charge in [-0.2, -0.15) is 0 Å². The molecule has 0 spiro atoms. The molecule has 3 saturated heterocycles. The van der Waals surface area contributed by atoms with Crippen molar-refractivity contribution in [2.75, 3.05) is 27.2 Å². The quantitative estimate of drug-likeness (QED) is 0.537. The molecule has 3 amide bonds. The van der Waals surface area contributed by atoms with E-state index < -0.39 is 41.5 Å². The fourth-order valence-corrected chi connectivity index (χ4v) is 8.35. The number of H-pyrrole nitrogens is 1. The molecular weight excluding hydrogens is 546 g/mol. The molecule has 0 radical (unpaired) electrons. The molecule has 230 valence electrons. The van der Waals surface area contributed by atoms with Crippen molar-refractivity contribution in [2.45, 2.75) is 83.1 Å². The molecule has 6 atom stereocenters. The van der Waals surface area contributed by atoms with Crippen LogP contribution in [0.3, 0.4) is 0 Å². The monoisotopic (exact) mass is 589 g/mol. The summed E-state index contributed by atoms with van der Waals surface area (Å²) in [5.41, 5.74) is 3.00. The van der Waals surface area contributed by atoms with Crippen molar-refractivity contribution < 1.29 is 23.9 Å². The summed E-state index contributed by atoms with van der Waals surface area (Å²) in [6.07, 6.45) is 7.00. The van der Waals surface area contributed by atoms with Gasteiger partial charge in [0.1, 0.15) is 12.1 Å². The molecule has 10 nitrogen and oxygen atoms in total. The average molecular weight is 590 g/mol. The molecule has 4 aliphatic heterocycles. The van der Waals surface area contributed by atoms with Gasteiger partial charge in [0.25, 0.3) is 11.8 Å². The van der Waals surface area contributed by atoms with Crippen molar-refractivity contribution in [1.29, 1.82) is 0 Å². The Balaban J connectivity index is 1.26. The minimum Gasteiger partial charge on any atom is -0.361 e. The number of likely N-dealkylation sites (N-methyl/N-ethyl adjacent to an activating group) is 1. The van der Waals surface area contributed by atoms with E-state index in [-0.39, 0.29) is 23.8 Å². The van der Waals surface area contributed by atoms with Gasteiger partial charge in [0.2, 0.25) is 17.5 Å². The van der Waals surface area contributed by atoms with Crippen molar-refractivity contribution in [2.24, 2.45) is 17.8 Å². The van der Waals surface area contributed by atoms with Crippen LogP contribution in [-0.2, 0) is 30.3 Å². The average Bonchev–Trinajstić information content (AvgIpc) is 3.69. The first-order valence-corrected chi connectivity index (χ1v) is 15.7. The number of rotatable bonds is 6. The lowest BCUT2D eigenvalue weighted by atomic mass is 9.79. The number of carbonyl (C=O) groups excluding carboxylic acids is 3. The Morgan fingerprint density at radius 2 is 2.02 bits per heavy atom. The van der Waals surface area contributed by atoms with E-state index in [2.05, 4.69) is 46.7 Å². The van der Waals surface area contributed by atoms with Crippen molar-refractivity contribution in [1.82, 2.24) is 25.0 Å². The summed E-state index contributed by atoms with van der Waals surface area (Å²) in [5, 5.41) is 4.33. The fraction of sp³-hybridized carbons (Fsp3) is 0.606. The summed E-state index contributed by atoms with van der Waals surface area (Å²) in [5.74, 6) is -2.95. The van der Waals surface area contributed by atoms with E-state index in [0.29, 0.717) is 25.9 Å². The highest BCUT2D eigenvalue weighted by Crippen LogP contribution is 2.50. The van der Waals surface area contributed by atoms with Crippen LogP contribution < -0.4 is 5.32 Å². The Hall–Kier alpha value is -3.21. The number of nitrogens with one attached hydrogen (secondary N) is 2. The number of methoxy groups -OCH3 is 1. The highest BCUT2D eigenvalue weighted by molar-refractivity contribution is 6.01. The topological polar surface area (TPSA) is 107 Å². The maximum absolute atomic E-state index is 14.6. The van der Waals surface area contributed by atoms with Gasteiger partial charge in [-0.15, -0.1) is 0 Å². The molecule has 0 saturated carbocycles. The number of nitrogens with zero attached hydrogens (tertiary/aromatic N) is 3. The van der Waals surface area contributed by atoms with Crippen molar-refractivity contribution in [3.05, 3.63) is 41.6 Å². The lowest BCUT2D eigenvalue weighted by molar-refractivity contribution is -0.333. The van der Waals surface area contributed by atoms with E-state index in [9.17, 15) is 14.4 Å². The van der Waals surface area contributed by atoms with Crippen LogP contribution in [0.4, 0.5) is 0 Å². The van der Waals surface area contributed by atoms with Crippen molar-refractivity contribution >= 4 is 34.2 Å². The SMILES string of the molecule is CO[C@@]12O[C@](NC(=O)[C@H]3C=C4c5cccc6[nH]cc(c56)C[C@H]4N(C)C3)(C(C)C)C(=O)N1[C@@H](CC(C)C)C(=O)N1CCC[C@H]12. The largest absolute Gasteiger partial charge is 0.361 e. The van der Waals surface area contributed by atoms with Crippen LogP contribution in [0.5, 0.6) is 0 Å². The molecular formula is C33H43N5O5. The van der Waals surface area contributed by atoms with Crippen LogP contribution in [0.2, 0.25) is 0 Å². The van der Waals surface area contributed by atoms with E-state index in [1.807, 2.05) is 38.7 Å². The second kappa shape index (κ2) is 9.90. The third kappa shape index (κ3) is 3.92. The van der Waals surface area contributed by atoms with Gasteiger partial charge in [-0.1, -0.05) is 45.9 Å². The van der Waals surface area contributed by atoms with E-state index in [1.54, 1.807) is 4.90 Å². The third-order valence-corrected chi connectivity index (χ3v) is 10.4. The summed E-state index contributed by atoms with van der Waals surface area (Å²) < 4.78 is 12.9. The minimum atomic E-state index is -1.67. The van der Waals surface area contributed by atoms with E-state index in [0.717, 1.165) is 29.5 Å².